The largest absolute Gasteiger partial charge is 0.491 e. The Labute approximate surface area is 125 Å². The lowest BCUT2D eigenvalue weighted by Gasteiger charge is -2.21. The molecular weight excluding hydrogens is 262 g/mol. The van der Waals surface area contributed by atoms with Crippen LogP contribution in [0.2, 0.25) is 0 Å². The predicted molar refractivity (Wildman–Crippen MR) is 84.4 cm³/mol. The molecule has 4 heteroatoms. The van der Waals surface area contributed by atoms with Gasteiger partial charge in [0.15, 0.2) is 0 Å². The summed E-state index contributed by atoms with van der Waals surface area (Å²) in [6.45, 7) is 5.15. The minimum atomic E-state index is 0.201. The monoisotopic (exact) mass is 285 g/mol. The summed E-state index contributed by atoms with van der Waals surface area (Å²) in [6.07, 6.45) is 5.82. The third kappa shape index (κ3) is 3.45. The molecule has 0 bridgehead atoms. The zero-order valence-corrected chi connectivity index (χ0v) is 12.7. The Morgan fingerprint density at radius 2 is 2.00 bits per heavy atom. The summed E-state index contributed by atoms with van der Waals surface area (Å²) in [7, 11) is 0. The number of benzene rings is 1. The van der Waals surface area contributed by atoms with Crippen LogP contribution < -0.4 is 10.1 Å². The fourth-order valence-corrected chi connectivity index (χ4v) is 2.73. The number of rotatable bonds is 4. The highest BCUT2D eigenvalue weighted by Gasteiger charge is 2.17. The van der Waals surface area contributed by atoms with Gasteiger partial charge >= 0.3 is 0 Å². The van der Waals surface area contributed by atoms with Crippen molar-refractivity contribution in [3.05, 3.63) is 36.3 Å². The van der Waals surface area contributed by atoms with Crippen molar-refractivity contribution in [1.82, 2.24) is 15.3 Å². The van der Waals surface area contributed by atoms with Crippen LogP contribution in [0, 0.1) is 0 Å². The van der Waals surface area contributed by atoms with E-state index in [1.807, 2.05) is 32.2 Å². The van der Waals surface area contributed by atoms with E-state index in [2.05, 4.69) is 27.4 Å². The number of hydrogen-bond acceptors (Lipinski definition) is 3. The van der Waals surface area contributed by atoms with Crippen LogP contribution in [0.15, 0.2) is 30.5 Å². The second kappa shape index (κ2) is 6.31. The molecule has 0 spiro atoms. The molecule has 4 nitrogen and oxygen atoms in total. The molecule has 1 unspecified atom stereocenters. The molecule has 1 saturated heterocycles. The summed E-state index contributed by atoms with van der Waals surface area (Å²) < 4.78 is 5.67. The SMILES string of the molecule is CC(C)Oc1ccc(-c2cnc(C3CCCCN3)[nH]2)cc1. The van der Waals surface area contributed by atoms with Crippen molar-refractivity contribution in [1.29, 1.82) is 0 Å². The molecule has 1 aromatic carbocycles. The van der Waals surface area contributed by atoms with E-state index in [4.69, 9.17) is 4.74 Å². The van der Waals surface area contributed by atoms with Gasteiger partial charge in [0.1, 0.15) is 11.6 Å². The van der Waals surface area contributed by atoms with E-state index in [-0.39, 0.29) is 6.10 Å². The Bertz CT molecular complexity index is 568. The van der Waals surface area contributed by atoms with Crippen LogP contribution in [0.3, 0.4) is 0 Å². The summed E-state index contributed by atoms with van der Waals surface area (Å²) in [5.74, 6) is 1.95. The number of aromatic amines is 1. The third-order valence-corrected chi connectivity index (χ3v) is 3.77. The molecule has 0 radical (unpaired) electrons. The first-order valence-corrected chi connectivity index (χ1v) is 7.78. The number of hydrogen-bond donors (Lipinski definition) is 2. The molecule has 21 heavy (non-hydrogen) atoms. The Kier molecular flexibility index (Phi) is 4.25. The molecule has 0 saturated carbocycles. The van der Waals surface area contributed by atoms with Gasteiger partial charge < -0.3 is 15.0 Å². The molecule has 0 amide bonds. The quantitative estimate of drug-likeness (QED) is 0.901. The molecule has 0 aliphatic carbocycles. The van der Waals surface area contributed by atoms with E-state index in [0.29, 0.717) is 6.04 Å². The van der Waals surface area contributed by atoms with Crippen molar-refractivity contribution in [3.8, 4) is 17.0 Å². The number of aromatic nitrogens is 2. The number of piperidine rings is 1. The maximum atomic E-state index is 5.67. The minimum absolute atomic E-state index is 0.201. The highest BCUT2D eigenvalue weighted by atomic mass is 16.5. The summed E-state index contributed by atoms with van der Waals surface area (Å²) >= 11 is 0. The molecule has 1 aliphatic rings. The highest BCUT2D eigenvalue weighted by Crippen LogP contribution is 2.25. The molecule has 112 valence electrons. The highest BCUT2D eigenvalue weighted by molar-refractivity contribution is 5.59. The van der Waals surface area contributed by atoms with Crippen LogP contribution in [0.1, 0.15) is 45.0 Å². The maximum Gasteiger partial charge on any atom is 0.123 e. The second-order valence-corrected chi connectivity index (χ2v) is 5.88. The summed E-state index contributed by atoms with van der Waals surface area (Å²) in [5.41, 5.74) is 2.20. The standard InChI is InChI=1S/C17H23N3O/c1-12(2)21-14-8-6-13(7-9-14)16-11-19-17(20-16)15-5-3-4-10-18-15/h6-9,11-12,15,18H,3-5,10H2,1-2H3,(H,19,20). The van der Waals surface area contributed by atoms with Gasteiger partial charge in [-0.15, -0.1) is 0 Å². The van der Waals surface area contributed by atoms with E-state index in [1.54, 1.807) is 0 Å². The lowest BCUT2D eigenvalue weighted by atomic mass is 10.0. The average molecular weight is 285 g/mol. The normalized spacial score (nSPS) is 18.9. The van der Waals surface area contributed by atoms with Gasteiger partial charge in [-0.3, -0.25) is 0 Å². The average Bonchev–Trinajstić information content (AvgIpc) is 2.98. The Morgan fingerprint density at radius 1 is 1.19 bits per heavy atom. The molecular formula is C17H23N3O. The molecule has 1 fully saturated rings. The van der Waals surface area contributed by atoms with Crippen molar-refractivity contribution in [2.75, 3.05) is 6.54 Å². The van der Waals surface area contributed by atoms with E-state index in [0.717, 1.165) is 35.8 Å². The van der Waals surface area contributed by atoms with E-state index in [1.165, 1.54) is 12.8 Å². The van der Waals surface area contributed by atoms with E-state index < -0.39 is 0 Å². The zero-order chi connectivity index (χ0) is 14.7. The van der Waals surface area contributed by atoms with Gasteiger partial charge in [-0.2, -0.15) is 0 Å². The lowest BCUT2D eigenvalue weighted by Crippen LogP contribution is -2.27. The number of imidazole rings is 1. The van der Waals surface area contributed by atoms with Crippen molar-refractivity contribution >= 4 is 0 Å². The molecule has 1 atom stereocenters. The van der Waals surface area contributed by atoms with Gasteiger partial charge in [0.25, 0.3) is 0 Å². The van der Waals surface area contributed by atoms with Crippen LogP contribution in [0.25, 0.3) is 11.3 Å². The van der Waals surface area contributed by atoms with Gasteiger partial charge in [-0.1, -0.05) is 6.42 Å². The minimum Gasteiger partial charge on any atom is -0.491 e. The number of ether oxygens (including phenoxy) is 1. The van der Waals surface area contributed by atoms with E-state index >= 15 is 0 Å². The van der Waals surface area contributed by atoms with Crippen molar-refractivity contribution in [2.45, 2.75) is 45.3 Å². The first-order chi connectivity index (χ1) is 10.2. The topological polar surface area (TPSA) is 49.9 Å². The van der Waals surface area contributed by atoms with Gasteiger partial charge in [0, 0.05) is 0 Å². The smallest absolute Gasteiger partial charge is 0.123 e. The molecule has 1 aromatic heterocycles. The Hall–Kier alpha value is -1.81. The van der Waals surface area contributed by atoms with Gasteiger partial charge in [-0.05, 0) is 63.1 Å². The first kappa shape index (κ1) is 14.1. The van der Waals surface area contributed by atoms with Crippen molar-refractivity contribution in [2.24, 2.45) is 0 Å². The number of nitrogens with zero attached hydrogens (tertiary/aromatic N) is 1. The summed E-state index contributed by atoms with van der Waals surface area (Å²) in [5, 5.41) is 3.52. The molecule has 2 heterocycles. The number of nitrogens with one attached hydrogen (secondary N) is 2. The van der Waals surface area contributed by atoms with Crippen LogP contribution in [-0.2, 0) is 0 Å². The van der Waals surface area contributed by atoms with Gasteiger partial charge in [-0.25, -0.2) is 4.98 Å². The van der Waals surface area contributed by atoms with Crippen LogP contribution in [0.5, 0.6) is 5.75 Å². The Balaban J connectivity index is 1.73. The first-order valence-electron chi connectivity index (χ1n) is 7.78. The third-order valence-electron chi connectivity index (χ3n) is 3.77. The molecule has 2 N–H and O–H groups in total. The van der Waals surface area contributed by atoms with Crippen molar-refractivity contribution in [3.63, 3.8) is 0 Å². The van der Waals surface area contributed by atoms with Crippen LogP contribution in [0.4, 0.5) is 0 Å². The molecule has 2 aromatic rings. The molecule has 1 aliphatic heterocycles. The second-order valence-electron chi connectivity index (χ2n) is 5.88. The van der Waals surface area contributed by atoms with Crippen molar-refractivity contribution < 1.29 is 4.74 Å². The Morgan fingerprint density at radius 3 is 2.67 bits per heavy atom. The summed E-state index contributed by atoms with van der Waals surface area (Å²) in [6, 6.07) is 8.53. The fraction of sp³-hybridized carbons (Fsp3) is 0.471. The van der Waals surface area contributed by atoms with Gasteiger partial charge in [0.2, 0.25) is 0 Å². The number of H-pyrrole nitrogens is 1. The maximum absolute atomic E-state index is 5.67. The van der Waals surface area contributed by atoms with E-state index in [9.17, 15) is 0 Å². The lowest BCUT2D eigenvalue weighted by molar-refractivity contribution is 0.242. The fourth-order valence-electron chi connectivity index (χ4n) is 2.73. The van der Waals surface area contributed by atoms with Crippen LogP contribution in [-0.4, -0.2) is 22.6 Å². The predicted octanol–water partition coefficient (Wildman–Crippen LogP) is 3.68. The zero-order valence-electron chi connectivity index (χ0n) is 12.7. The van der Waals surface area contributed by atoms with Crippen LogP contribution >= 0.6 is 0 Å². The summed E-state index contributed by atoms with van der Waals surface area (Å²) in [4.78, 5) is 7.98. The van der Waals surface area contributed by atoms with Gasteiger partial charge in [0.05, 0.1) is 24.0 Å². The molecule has 3 rings (SSSR count).